The average molecular weight is 466 g/mol. The van der Waals surface area contributed by atoms with E-state index >= 15 is 0 Å². The summed E-state index contributed by atoms with van der Waals surface area (Å²) in [6.07, 6.45) is -3.35. The summed E-state index contributed by atoms with van der Waals surface area (Å²) >= 11 is 1.39. The highest BCUT2D eigenvalue weighted by Gasteiger charge is 2.37. The first kappa shape index (κ1) is 21.1. The van der Waals surface area contributed by atoms with E-state index in [1.165, 1.54) is 17.5 Å². The van der Waals surface area contributed by atoms with E-state index in [1.807, 2.05) is 31.2 Å². The molecule has 5 aromatic rings. The van der Waals surface area contributed by atoms with E-state index in [0.29, 0.717) is 38.5 Å². The lowest BCUT2D eigenvalue weighted by Gasteiger charge is -2.17. The second kappa shape index (κ2) is 8.00. The third-order valence-electron chi connectivity index (χ3n) is 5.28. The average Bonchev–Trinajstić information content (AvgIpc) is 3.14. The molecule has 33 heavy (non-hydrogen) atoms. The van der Waals surface area contributed by atoms with Crippen LogP contribution in [0.15, 0.2) is 60.8 Å². The Hall–Kier alpha value is -3.72. The van der Waals surface area contributed by atoms with Crippen molar-refractivity contribution in [3.8, 4) is 11.3 Å². The second-order valence-corrected chi connectivity index (χ2v) is 8.66. The van der Waals surface area contributed by atoms with E-state index in [2.05, 4.69) is 25.6 Å². The molecule has 0 aliphatic carbocycles. The van der Waals surface area contributed by atoms with Gasteiger partial charge in [0.25, 0.3) is 0 Å². The highest BCUT2D eigenvalue weighted by Crippen LogP contribution is 2.47. The number of nitrogens with zero attached hydrogens (tertiary/aromatic N) is 3. The van der Waals surface area contributed by atoms with Crippen molar-refractivity contribution in [2.24, 2.45) is 0 Å². The maximum atomic E-state index is 14.1. The predicted octanol–water partition coefficient (Wildman–Crippen LogP) is 7.02. The molecule has 0 aliphatic heterocycles. The monoisotopic (exact) mass is 465 g/mol. The number of hydrogen-bond donors (Lipinski definition) is 2. The second-order valence-electron chi connectivity index (χ2n) is 7.41. The van der Waals surface area contributed by atoms with Gasteiger partial charge in [-0.3, -0.25) is 0 Å². The molecule has 0 bridgehead atoms. The molecule has 0 spiro atoms. The minimum absolute atomic E-state index is 0.0840. The smallest absolute Gasteiger partial charge is 0.357 e. The van der Waals surface area contributed by atoms with Crippen molar-refractivity contribution in [2.45, 2.75) is 13.1 Å². The topological polar surface area (TPSA) is 62.7 Å². The van der Waals surface area contributed by atoms with Gasteiger partial charge in [0.2, 0.25) is 5.95 Å². The molecule has 3 heterocycles. The van der Waals surface area contributed by atoms with Gasteiger partial charge in [-0.05, 0) is 25.1 Å². The Balaban J connectivity index is 1.89. The lowest BCUT2D eigenvalue weighted by Crippen LogP contribution is -2.12. The van der Waals surface area contributed by atoms with Crippen LogP contribution in [-0.4, -0.2) is 22.0 Å². The number of fused-ring (bicyclic) bond motifs is 2. The van der Waals surface area contributed by atoms with Crippen molar-refractivity contribution in [1.82, 2.24) is 15.0 Å². The molecule has 0 saturated carbocycles. The van der Waals surface area contributed by atoms with Crippen molar-refractivity contribution in [1.29, 1.82) is 0 Å². The lowest BCUT2D eigenvalue weighted by molar-refractivity contribution is -0.140. The molecule has 0 unspecified atom stereocenters. The zero-order valence-corrected chi connectivity index (χ0v) is 18.5. The third kappa shape index (κ3) is 3.74. The van der Waals surface area contributed by atoms with Crippen molar-refractivity contribution in [3.63, 3.8) is 0 Å². The summed E-state index contributed by atoms with van der Waals surface area (Å²) < 4.78 is 42.8. The van der Waals surface area contributed by atoms with Crippen molar-refractivity contribution in [3.05, 3.63) is 71.4 Å². The minimum Gasteiger partial charge on any atom is -0.357 e. The molecule has 2 aromatic carbocycles. The van der Waals surface area contributed by atoms with Gasteiger partial charge < -0.3 is 10.6 Å². The largest absolute Gasteiger partial charge is 0.435 e. The van der Waals surface area contributed by atoms with Crippen LogP contribution in [0.3, 0.4) is 0 Å². The predicted molar refractivity (Wildman–Crippen MR) is 127 cm³/mol. The highest BCUT2D eigenvalue weighted by molar-refractivity contribution is 7.19. The molecular formula is C24H18F3N5S. The van der Waals surface area contributed by atoms with Crippen LogP contribution in [0.4, 0.5) is 30.5 Å². The number of anilines is 3. The van der Waals surface area contributed by atoms with Gasteiger partial charge in [-0.1, -0.05) is 36.4 Å². The SMILES string of the molecule is CNc1nc(-c2c(C)sc3cnc(C(F)(F)F)c(Nc4ccccc4)c23)c2ccccc2n1. The normalized spacial score (nSPS) is 11.8. The van der Waals surface area contributed by atoms with E-state index in [1.54, 1.807) is 37.4 Å². The van der Waals surface area contributed by atoms with Crippen LogP contribution in [-0.2, 0) is 6.18 Å². The van der Waals surface area contributed by atoms with E-state index < -0.39 is 11.9 Å². The highest BCUT2D eigenvalue weighted by atomic mass is 32.1. The quantitative estimate of drug-likeness (QED) is 0.299. The zero-order chi connectivity index (χ0) is 23.2. The van der Waals surface area contributed by atoms with Crippen LogP contribution in [0.5, 0.6) is 0 Å². The first-order valence-corrected chi connectivity index (χ1v) is 10.9. The number of halogens is 3. The van der Waals surface area contributed by atoms with Crippen LogP contribution in [0.2, 0.25) is 0 Å². The molecule has 5 rings (SSSR count). The Bertz CT molecular complexity index is 1480. The van der Waals surface area contributed by atoms with E-state index in [9.17, 15) is 13.2 Å². The summed E-state index contributed by atoms with van der Waals surface area (Å²) in [7, 11) is 1.71. The number of hydrogen-bond acceptors (Lipinski definition) is 6. The standard InChI is InChI=1S/C24H18F3N5S/c1-13-18(20-15-10-6-7-11-16(15)31-23(28-2)32-20)19-17(33-13)12-29-22(24(25,26)27)21(19)30-14-8-4-3-5-9-14/h3-12,30H,1-2H3,(H,28,31,32). The number of para-hydroxylation sites is 2. The van der Waals surface area contributed by atoms with Gasteiger partial charge in [-0.25, -0.2) is 15.0 Å². The first-order chi connectivity index (χ1) is 15.9. The minimum atomic E-state index is -4.64. The number of pyridine rings is 1. The summed E-state index contributed by atoms with van der Waals surface area (Å²) in [5, 5.41) is 7.14. The molecule has 9 heteroatoms. The summed E-state index contributed by atoms with van der Waals surface area (Å²) in [5.74, 6) is 0.394. The molecule has 0 atom stereocenters. The summed E-state index contributed by atoms with van der Waals surface area (Å²) in [6.45, 7) is 1.88. The molecule has 0 radical (unpaired) electrons. The van der Waals surface area contributed by atoms with Crippen LogP contribution >= 0.6 is 11.3 Å². The molecule has 0 fully saturated rings. The number of thiophene rings is 1. The fourth-order valence-corrected chi connectivity index (χ4v) is 4.92. The lowest BCUT2D eigenvalue weighted by atomic mass is 10.0. The number of aromatic nitrogens is 3. The van der Waals surface area contributed by atoms with Gasteiger partial charge in [0, 0.05) is 40.1 Å². The van der Waals surface area contributed by atoms with Gasteiger partial charge in [0.15, 0.2) is 5.69 Å². The van der Waals surface area contributed by atoms with E-state index in [4.69, 9.17) is 0 Å². The Morgan fingerprint density at radius 3 is 2.39 bits per heavy atom. The Labute approximate surface area is 191 Å². The Kier molecular flexibility index (Phi) is 5.13. The summed E-state index contributed by atoms with van der Waals surface area (Å²) in [4.78, 5) is 13.8. The van der Waals surface area contributed by atoms with Gasteiger partial charge in [0.1, 0.15) is 0 Å². The van der Waals surface area contributed by atoms with Crippen molar-refractivity contribution >= 4 is 49.6 Å². The maximum Gasteiger partial charge on any atom is 0.435 e. The molecule has 0 saturated heterocycles. The number of benzene rings is 2. The fourth-order valence-electron chi connectivity index (χ4n) is 3.88. The molecule has 166 valence electrons. The van der Waals surface area contributed by atoms with E-state index in [-0.39, 0.29) is 5.69 Å². The maximum absolute atomic E-state index is 14.1. The number of nitrogens with one attached hydrogen (secondary N) is 2. The number of aryl methyl sites for hydroxylation is 1. The van der Waals surface area contributed by atoms with Gasteiger partial charge in [0.05, 0.1) is 21.6 Å². The van der Waals surface area contributed by atoms with Crippen LogP contribution in [0.1, 0.15) is 10.6 Å². The molecule has 0 amide bonds. The van der Waals surface area contributed by atoms with Crippen LogP contribution < -0.4 is 10.6 Å². The van der Waals surface area contributed by atoms with E-state index in [0.717, 1.165) is 10.3 Å². The van der Waals surface area contributed by atoms with Crippen molar-refractivity contribution < 1.29 is 13.2 Å². The summed E-state index contributed by atoms with van der Waals surface area (Å²) in [5.41, 5.74) is 1.40. The van der Waals surface area contributed by atoms with Gasteiger partial charge in [-0.2, -0.15) is 13.2 Å². The molecule has 3 aromatic heterocycles. The van der Waals surface area contributed by atoms with Gasteiger partial charge in [-0.15, -0.1) is 11.3 Å². The fraction of sp³-hybridized carbons (Fsp3) is 0.125. The first-order valence-electron chi connectivity index (χ1n) is 10.1. The Morgan fingerprint density at radius 2 is 1.67 bits per heavy atom. The van der Waals surface area contributed by atoms with Crippen molar-refractivity contribution in [2.75, 3.05) is 17.7 Å². The molecular weight excluding hydrogens is 447 g/mol. The molecule has 2 N–H and O–H groups in total. The molecule has 0 aliphatic rings. The Morgan fingerprint density at radius 1 is 0.939 bits per heavy atom. The van der Waals surface area contributed by atoms with Gasteiger partial charge >= 0.3 is 6.18 Å². The zero-order valence-electron chi connectivity index (χ0n) is 17.7. The molecule has 5 nitrogen and oxygen atoms in total. The summed E-state index contributed by atoms with van der Waals surface area (Å²) in [6, 6.07) is 16.2. The van der Waals surface area contributed by atoms with Crippen LogP contribution in [0.25, 0.3) is 32.2 Å². The number of alkyl halides is 3. The van der Waals surface area contributed by atoms with Crippen LogP contribution in [0, 0.1) is 6.92 Å². The third-order valence-corrected chi connectivity index (χ3v) is 6.32. The number of rotatable bonds is 4.